The molecular weight excluding hydrogens is 312 g/mol. The van der Waals surface area contributed by atoms with E-state index in [2.05, 4.69) is 56.9 Å². The summed E-state index contributed by atoms with van der Waals surface area (Å²) in [7, 11) is 1.90. The third kappa shape index (κ3) is 3.04. The van der Waals surface area contributed by atoms with Gasteiger partial charge < -0.3 is 10.6 Å². The lowest BCUT2D eigenvalue weighted by Gasteiger charge is -2.33. The van der Waals surface area contributed by atoms with Crippen LogP contribution in [0.4, 0.5) is 11.5 Å². The Kier molecular flexibility index (Phi) is 4.03. The zero-order chi connectivity index (χ0) is 17.3. The molecule has 1 fully saturated rings. The maximum atomic E-state index is 4.43. The van der Waals surface area contributed by atoms with E-state index in [1.807, 2.05) is 13.2 Å². The molecule has 0 saturated heterocycles. The summed E-state index contributed by atoms with van der Waals surface area (Å²) in [5.41, 5.74) is 3.42. The van der Waals surface area contributed by atoms with Crippen molar-refractivity contribution in [2.24, 2.45) is 7.05 Å². The fourth-order valence-corrected chi connectivity index (χ4v) is 3.75. The van der Waals surface area contributed by atoms with Crippen molar-refractivity contribution in [3.8, 4) is 0 Å². The second-order valence-corrected chi connectivity index (χ2v) is 7.01. The van der Waals surface area contributed by atoms with Crippen LogP contribution < -0.4 is 10.6 Å². The van der Waals surface area contributed by atoms with Gasteiger partial charge in [-0.2, -0.15) is 5.10 Å². The topological polar surface area (TPSA) is 67.7 Å². The lowest BCUT2D eigenvalue weighted by Crippen LogP contribution is -2.42. The van der Waals surface area contributed by atoms with Crippen molar-refractivity contribution >= 4 is 22.5 Å². The summed E-state index contributed by atoms with van der Waals surface area (Å²) in [6.45, 7) is 2.99. The SMILES string of the molecule is Cc1ccccc1NC1(CNc2ncnc3c2cnn3C)CCCC1. The predicted molar refractivity (Wildman–Crippen MR) is 101 cm³/mol. The van der Waals surface area contributed by atoms with Gasteiger partial charge in [0.2, 0.25) is 0 Å². The molecule has 6 nitrogen and oxygen atoms in total. The molecular formula is C19H24N6. The first kappa shape index (κ1) is 15.9. The van der Waals surface area contributed by atoms with Crippen LogP contribution in [0.25, 0.3) is 11.0 Å². The van der Waals surface area contributed by atoms with Crippen molar-refractivity contribution in [3.05, 3.63) is 42.4 Å². The molecule has 2 heterocycles. The number of para-hydroxylation sites is 1. The largest absolute Gasteiger partial charge is 0.378 e. The molecule has 4 rings (SSSR count). The summed E-state index contributed by atoms with van der Waals surface area (Å²) in [5, 5.41) is 12.6. The number of hydrogen-bond acceptors (Lipinski definition) is 5. The number of rotatable bonds is 5. The first-order valence-corrected chi connectivity index (χ1v) is 8.87. The third-order valence-corrected chi connectivity index (χ3v) is 5.23. The van der Waals surface area contributed by atoms with Gasteiger partial charge in [0.1, 0.15) is 12.1 Å². The van der Waals surface area contributed by atoms with E-state index in [9.17, 15) is 0 Å². The number of benzene rings is 1. The molecule has 2 N–H and O–H groups in total. The van der Waals surface area contributed by atoms with E-state index >= 15 is 0 Å². The van der Waals surface area contributed by atoms with Crippen LogP contribution in [-0.2, 0) is 7.05 Å². The van der Waals surface area contributed by atoms with E-state index in [0.717, 1.165) is 36.2 Å². The molecule has 3 aromatic rings. The van der Waals surface area contributed by atoms with Gasteiger partial charge in [0, 0.05) is 19.3 Å². The first-order chi connectivity index (χ1) is 12.2. The summed E-state index contributed by atoms with van der Waals surface area (Å²) in [6, 6.07) is 8.50. The zero-order valence-corrected chi connectivity index (χ0v) is 14.8. The Balaban J connectivity index is 1.57. The van der Waals surface area contributed by atoms with Crippen LogP contribution in [0.5, 0.6) is 0 Å². The van der Waals surface area contributed by atoms with E-state index in [0.29, 0.717) is 0 Å². The maximum absolute atomic E-state index is 4.43. The van der Waals surface area contributed by atoms with Crippen molar-refractivity contribution < 1.29 is 0 Å². The van der Waals surface area contributed by atoms with Crippen LogP contribution in [0.2, 0.25) is 0 Å². The lowest BCUT2D eigenvalue weighted by atomic mass is 9.96. The maximum Gasteiger partial charge on any atom is 0.163 e. The summed E-state index contributed by atoms with van der Waals surface area (Å²) >= 11 is 0. The predicted octanol–water partition coefficient (Wildman–Crippen LogP) is 3.51. The minimum absolute atomic E-state index is 0.0611. The molecule has 0 spiro atoms. The lowest BCUT2D eigenvalue weighted by molar-refractivity contribution is 0.507. The van der Waals surface area contributed by atoms with Crippen molar-refractivity contribution in [1.82, 2.24) is 19.7 Å². The number of hydrogen-bond donors (Lipinski definition) is 2. The average molecular weight is 336 g/mol. The third-order valence-electron chi connectivity index (χ3n) is 5.23. The molecule has 0 unspecified atom stereocenters. The quantitative estimate of drug-likeness (QED) is 0.746. The van der Waals surface area contributed by atoms with Gasteiger partial charge in [-0.3, -0.25) is 4.68 Å². The fraction of sp³-hybridized carbons (Fsp3) is 0.421. The molecule has 0 atom stereocenters. The Morgan fingerprint density at radius 2 is 1.96 bits per heavy atom. The Hall–Kier alpha value is -2.63. The molecule has 130 valence electrons. The number of fused-ring (bicyclic) bond motifs is 1. The van der Waals surface area contributed by atoms with Gasteiger partial charge in [-0.1, -0.05) is 31.0 Å². The highest BCUT2D eigenvalue weighted by molar-refractivity contribution is 5.86. The normalized spacial score (nSPS) is 16.2. The minimum atomic E-state index is 0.0611. The summed E-state index contributed by atoms with van der Waals surface area (Å²) < 4.78 is 1.78. The Morgan fingerprint density at radius 3 is 2.76 bits per heavy atom. The van der Waals surface area contributed by atoms with Crippen molar-refractivity contribution in [2.75, 3.05) is 17.2 Å². The van der Waals surface area contributed by atoms with E-state index in [1.165, 1.54) is 24.1 Å². The molecule has 1 aliphatic carbocycles. The number of anilines is 2. The van der Waals surface area contributed by atoms with Gasteiger partial charge in [-0.25, -0.2) is 9.97 Å². The monoisotopic (exact) mass is 336 g/mol. The highest BCUT2D eigenvalue weighted by Crippen LogP contribution is 2.34. The first-order valence-electron chi connectivity index (χ1n) is 8.87. The van der Waals surface area contributed by atoms with Crippen molar-refractivity contribution in [2.45, 2.75) is 38.1 Å². The molecule has 1 saturated carbocycles. The Bertz CT molecular complexity index is 879. The Labute approximate surface area is 147 Å². The molecule has 0 bridgehead atoms. The fourth-order valence-electron chi connectivity index (χ4n) is 3.75. The number of nitrogens with one attached hydrogen (secondary N) is 2. The second-order valence-electron chi connectivity index (χ2n) is 7.01. The molecule has 0 aliphatic heterocycles. The van der Waals surface area contributed by atoms with Gasteiger partial charge in [0.15, 0.2) is 5.65 Å². The zero-order valence-electron chi connectivity index (χ0n) is 14.8. The second kappa shape index (κ2) is 6.35. The van der Waals surface area contributed by atoms with E-state index in [-0.39, 0.29) is 5.54 Å². The van der Waals surface area contributed by atoms with Crippen molar-refractivity contribution in [3.63, 3.8) is 0 Å². The van der Waals surface area contributed by atoms with E-state index < -0.39 is 0 Å². The van der Waals surface area contributed by atoms with Crippen LogP contribution in [0, 0.1) is 6.92 Å². The highest BCUT2D eigenvalue weighted by atomic mass is 15.3. The molecule has 1 aromatic carbocycles. The van der Waals surface area contributed by atoms with E-state index in [1.54, 1.807) is 11.0 Å². The van der Waals surface area contributed by atoms with Crippen LogP contribution >= 0.6 is 0 Å². The summed E-state index contributed by atoms with van der Waals surface area (Å²) in [4.78, 5) is 8.75. The molecule has 0 radical (unpaired) electrons. The molecule has 1 aliphatic rings. The van der Waals surface area contributed by atoms with Gasteiger partial charge in [0.05, 0.1) is 17.1 Å². The summed E-state index contributed by atoms with van der Waals surface area (Å²) in [5.74, 6) is 0.857. The van der Waals surface area contributed by atoms with Gasteiger partial charge >= 0.3 is 0 Å². The molecule has 6 heteroatoms. The average Bonchev–Trinajstić information content (AvgIpc) is 3.23. The van der Waals surface area contributed by atoms with Crippen LogP contribution in [0.1, 0.15) is 31.2 Å². The van der Waals surface area contributed by atoms with Crippen molar-refractivity contribution in [1.29, 1.82) is 0 Å². The minimum Gasteiger partial charge on any atom is -0.378 e. The smallest absolute Gasteiger partial charge is 0.163 e. The summed E-state index contributed by atoms with van der Waals surface area (Å²) in [6.07, 6.45) is 8.26. The van der Waals surface area contributed by atoms with Crippen LogP contribution in [0.3, 0.4) is 0 Å². The van der Waals surface area contributed by atoms with E-state index in [4.69, 9.17) is 0 Å². The van der Waals surface area contributed by atoms with Crippen LogP contribution in [-0.4, -0.2) is 31.8 Å². The molecule has 0 amide bonds. The van der Waals surface area contributed by atoms with Gasteiger partial charge in [-0.15, -0.1) is 0 Å². The number of nitrogens with zero attached hydrogens (tertiary/aromatic N) is 4. The Morgan fingerprint density at radius 1 is 1.16 bits per heavy atom. The standard InChI is InChI=1S/C19H24N6/c1-14-7-3-4-8-16(14)24-19(9-5-6-10-19)12-20-17-15-11-23-25(2)18(15)22-13-21-17/h3-4,7-8,11,13,24H,5-6,9-10,12H2,1-2H3,(H,20,21,22). The molecule has 25 heavy (non-hydrogen) atoms. The van der Waals surface area contributed by atoms with Crippen LogP contribution in [0.15, 0.2) is 36.8 Å². The van der Waals surface area contributed by atoms with Gasteiger partial charge in [0.25, 0.3) is 0 Å². The highest BCUT2D eigenvalue weighted by Gasteiger charge is 2.34. The number of aromatic nitrogens is 4. The molecule has 2 aromatic heterocycles. The number of aryl methyl sites for hydroxylation is 2. The van der Waals surface area contributed by atoms with Gasteiger partial charge in [-0.05, 0) is 31.4 Å².